The third kappa shape index (κ3) is 3.87. The van der Waals surface area contributed by atoms with Crippen molar-refractivity contribution in [2.45, 2.75) is 45.2 Å². The van der Waals surface area contributed by atoms with Crippen LogP contribution in [0.15, 0.2) is 24.3 Å². The number of nitrogens with one attached hydrogen (secondary N) is 1. The summed E-state index contributed by atoms with van der Waals surface area (Å²) in [6, 6.07) is 9.54. The lowest BCUT2D eigenvalue weighted by atomic mass is 10.0. The summed E-state index contributed by atoms with van der Waals surface area (Å²) in [7, 11) is 1.70. The van der Waals surface area contributed by atoms with E-state index in [4.69, 9.17) is 4.74 Å². The van der Waals surface area contributed by atoms with Gasteiger partial charge in [-0.15, -0.1) is 0 Å². The molecule has 1 unspecified atom stereocenters. The first-order chi connectivity index (χ1) is 9.22. The molecule has 1 aliphatic heterocycles. The first-order valence-electron chi connectivity index (χ1n) is 7.37. The lowest BCUT2D eigenvalue weighted by molar-refractivity contribution is 0.163. The number of nitrogens with zero attached hydrogens (tertiary/aromatic N) is 1. The maximum atomic E-state index is 5.18. The molecule has 0 aromatic heterocycles. The van der Waals surface area contributed by atoms with Gasteiger partial charge in [0, 0.05) is 30.9 Å². The maximum absolute atomic E-state index is 5.18. The molecule has 1 aromatic rings. The SMILES string of the molecule is CCC(C)N1CCC(Nc2ccc(OC)cc2)CC1. The smallest absolute Gasteiger partial charge is 0.119 e. The Kier molecular flexibility index (Phi) is 5.08. The zero-order chi connectivity index (χ0) is 13.7. The van der Waals surface area contributed by atoms with Crippen LogP contribution in [0, 0.1) is 0 Å². The Hall–Kier alpha value is -1.22. The van der Waals surface area contributed by atoms with Crippen molar-refractivity contribution in [3.05, 3.63) is 24.3 Å². The van der Waals surface area contributed by atoms with Crippen molar-refractivity contribution >= 4 is 5.69 Å². The van der Waals surface area contributed by atoms with E-state index in [-0.39, 0.29) is 0 Å². The van der Waals surface area contributed by atoms with Crippen molar-refractivity contribution < 1.29 is 4.74 Å². The highest BCUT2D eigenvalue weighted by molar-refractivity contribution is 5.47. The van der Waals surface area contributed by atoms with E-state index in [1.54, 1.807) is 7.11 Å². The largest absolute Gasteiger partial charge is 0.497 e. The van der Waals surface area contributed by atoms with Crippen LogP contribution in [0.1, 0.15) is 33.1 Å². The summed E-state index contributed by atoms with van der Waals surface area (Å²) in [6.45, 7) is 7.02. The van der Waals surface area contributed by atoms with E-state index in [2.05, 4.69) is 36.2 Å². The Morgan fingerprint density at radius 2 is 1.89 bits per heavy atom. The predicted octanol–water partition coefficient (Wildman–Crippen LogP) is 3.37. The molecule has 1 atom stereocenters. The number of likely N-dealkylation sites (tertiary alicyclic amines) is 1. The summed E-state index contributed by atoms with van der Waals surface area (Å²) in [5.74, 6) is 0.914. The van der Waals surface area contributed by atoms with Gasteiger partial charge in [-0.25, -0.2) is 0 Å². The normalized spacial score (nSPS) is 19.1. The summed E-state index contributed by atoms with van der Waals surface area (Å²) in [5, 5.41) is 3.63. The molecule has 106 valence electrons. The van der Waals surface area contributed by atoms with Crippen LogP contribution in [0.25, 0.3) is 0 Å². The van der Waals surface area contributed by atoms with Crippen molar-refractivity contribution in [3.8, 4) is 5.75 Å². The molecule has 3 heteroatoms. The second-order valence-corrected chi connectivity index (χ2v) is 5.44. The molecule has 0 amide bonds. The average molecular weight is 262 g/mol. The number of piperidine rings is 1. The number of hydrogen-bond donors (Lipinski definition) is 1. The van der Waals surface area contributed by atoms with Gasteiger partial charge in [0.1, 0.15) is 5.75 Å². The van der Waals surface area contributed by atoms with E-state index < -0.39 is 0 Å². The van der Waals surface area contributed by atoms with E-state index in [0.29, 0.717) is 6.04 Å². The first-order valence-corrected chi connectivity index (χ1v) is 7.37. The Bertz CT molecular complexity index is 369. The molecule has 1 N–H and O–H groups in total. The van der Waals surface area contributed by atoms with E-state index >= 15 is 0 Å². The minimum absolute atomic E-state index is 0.605. The second-order valence-electron chi connectivity index (χ2n) is 5.44. The molecule has 0 radical (unpaired) electrons. The van der Waals surface area contributed by atoms with E-state index in [9.17, 15) is 0 Å². The number of hydrogen-bond acceptors (Lipinski definition) is 3. The molecule has 1 fully saturated rings. The lowest BCUT2D eigenvalue weighted by Crippen LogP contribution is -2.43. The van der Waals surface area contributed by atoms with Gasteiger partial charge in [0.15, 0.2) is 0 Å². The minimum atomic E-state index is 0.605. The Morgan fingerprint density at radius 1 is 1.26 bits per heavy atom. The highest BCUT2D eigenvalue weighted by atomic mass is 16.5. The molecule has 1 aromatic carbocycles. The molecule has 0 aliphatic carbocycles. The van der Waals surface area contributed by atoms with E-state index in [1.807, 2.05) is 12.1 Å². The van der Waals surface area contributed by atoms with Crippen LogP contribution in [0.5, 0.6) is 5.75 Å². The number of methoxy groups -OCH3 is 1. The molecular formula is C16H26N2O. The molecule has 1 aliphatic rings. The van der Waals surface area contributed by atoms with Crippen LogP contribution in [-0.2, 0) is 0 Å². The van der Waals surface area contributed by atoms with Crippen LogP contribution in [0.4, 0.5) is 5.69 Å². The Labute approximate surface area is 116 Å². The van der Waals surface area contributed by atoms with Gasteiger partial charge in [-0.1, -0.05) is 6.92 Å². The van der Waals surface area contributed by atoms with Crippen LogP contribution < -0.4 is 10.1 Å². The van der Waals surface area contributed by atoms with Crippen molar-refractivity contribution in [1.29, 1.82) is 0 Å². The zero-order valence-corrected chi connectivity index (χ0v) is 12.4. The van der Waals surface area contributed by atoms with Gasteiger partial charge in [-0.2, -0.15) is 0 Å². The van der Waals surface area contributed by atoms with Gasteiger partial charge in [0.05, 0.1) is 7.11 Å². The summed E-state index contributed by atoms with van der Waals surface area (Å²) < 4.78 is 5.18. The van der Waals surface area contributed by atoms with Crippen molar-refractivity contribution in [2.24, 2.45) is 0 Å². The van der Waals surface area contributed by atoms with Crippen molar-refractivity contribution in [3.63, 3.8) is 0 Å². The van der Waals surface area contributed by atoms with Crippen molar-refractivity contribution in [2.75, 3.05) is 25.5 Å². The number of anilines is 1. The van der Waals surface area contributed by atoms with E-state index in [1.165, 1.54) is 38.0 Å². The highest BCUT2D eigenvalue weighted by Gasteiger charge is 2.21. The topological polar surface area (TPSA) is 24.5 Å². The molecule has 1 heterocycles. The Balaban J connectivity index is 1.81. The quantitative estimate of drug-likeness (QED) is 0.880. The highest BCUT2D eigenvalue weighted by Crippen LogP contribution is 2.20. The molecular weight excluding hydrogens is 236 g/mol. The molecule has 3 nitrogen and oxygen atoms in total. The van der Waals surface area contributed by atoms with E-state index in [0.717, 1.165) is 11.8 Å². The van der Waals surface area contributed by atoms with Crippen LogP contribution >= 0.6 is 0 Å². The van der Waals surface area contributed by atoms with Gasteiger partial charge in [-0.3, -0.25) is 0 Å². The van der Waals surface area contributed by atoms with Gasteiger partial charge in [-0.05, 0) is 50.5 Å². The third-order valence-electron chi connectivity index (χ3n) is 4.20. The summed E-state index contributed by atoms with van der Waals surface area (Å²) in [5.41, 5.74) is 1.20. The standard InChI is InChI=1S/C16H26N2O/c1-4-13(2)18-11-9-15(10-12-18)17-14-5-7-16(19-3)8-6-14/h5-8,13,15,17H,4,9-12H2,1-3H3. The number of rotatable bonds is 5. The molecule has 0 spiro atoms. The maximum Gasteiger partial charge on any atom is 0.119 e. The van der Waals surface area contributed by atoms with Gasteiger partial charge < -0.3 is 15.0 Å². The summed E-state index contributed by atoms with van der Waals surface area (Å²) >= 11 is 0. The third-order valence-corrected chi connectivity index (χ3v) is 4.20. The first kappa shape index (κ1) is 14.2. The predicted molar refractivity (Wildman–Crippen MR) is 81.0 cm³/mol. The fourth-order valence-corrected chi connectivity index (χ4v) is 2.67. The van der Waals surface area contributed by atoms with Gasteiger partial charge >= 0.3 is 0 Å². The monoisotopic (exact) mass is 262 g/mol. The fraction of sp³-hybridized carbons (Fsp3) is 0.625. The average Bonchev–Trinajstić information content (AvgIpc) is 2.48. The number of benzene rings is 1. The molecule has 19 heavy (non-hydrogen) atoms. The van der Waals surface area contributed by atoms with Crippen LogP contribution in [-0.4, -0.2) is 37.2 Å². The van der Waals surface area contributed by atoms with Crippen LogP contribution in [0.2, 0.25) is 0 Å². The molecule has 1 saturated heterocycles. The molecule has 0 bridgehead atoms. The summed E-state index contributed by atoms with van der Waals surface area (Å²) in [6.07, 6.45) is 3.71. The lowest BCUT2D eigenvalue weighted by Gasteiger charge is -2.36. The minimum Gasteiger partial charge on any atom is -0.497 e. The van der Waals surface area contributed by atoms with Crippen LogP contribution in [0.3, 0.4) is 0 Å². The summed E-state index contributed by atoms with van der Waals surface area (Å²) in [4.78, 5) is 2.60. The molecule has 2 rings (SSSR count). The zero-order valence-electron chi connectivity index (χ0n) is 12.4. The Morgan fingerprint density at radius 3 is 2.42 bits per heavy atom. The molecule has 0 saturated carbocycles. The second kappa shape index (κ2) is 6.80. The van der Waals surface area contributed by atoms with Crippen molar-refractivity contribution in [1.82, 2.24) is 4.90 Å². The van der Waals surface area contributed by atoms with Gasteiger partial charge in [0.25, 0.3) is 0 Å². The van der Waals surface area contributed by atoms with Gasteiger partial charge in [0.2, 0.25) is 0 Å². The number of ether oxygens (including phenoxy) is 1. The fourth-order valence-electron chi connectivity index (χ4n) is 2.67.